The molecule has 0 fully saturated rings. The third-order valence-corrected chi connectivity index (χ3v) is 2.81. The quantitative estimate of drug-likeness (QED) is 0.327. The van der Waals surface area contributed by atoms with Crippen molar-refractivity contribution < 1.29 is 19.0 Å². The summed E-state index contributed by atoms with van der Waals surface area (Å²) in [6.45, 7) is 2.44. The van der Waals surface area contributed by atoms with Crippen molar-refractivity contribution in [2.45, 2.75) is 26.2 Å². The van der Waals surface area contributed by atoms with Crippen molar-refractivity contribution >= 4 is 5.91 Å². The van der Waals surface area contributed by atoms with Crippen LogP contribution in [-0.2, 0) is 4.79 Å². The molecule has 0 atom stereocenters. The van der Waals surface area contributed by atoms with Gasteiger partial charge in [-0.3, -0.25) is 10.2 Å². The van der Waals surface area contributed by atoms with Crippen molar-refractivity contribution in [1.82, 2.24) is 5.43 Å². The molecule has 3 N–H and O–H groups in total. The maximum atomic E-state index is 11.0. The third-order valence-electron chi connectivity index (χ3n) is 2.81. The summed E-state index contributed by atoms with van der Waals surface area (Å²) in [6, 6.07) is 3.78. The minimum atomic E-state index is -0.171. The Labute approximate surface area is 119 Å². The van der Waals surface area contributed by atoms with Gasteiger partial charge in [-0.1, -0.05) is 0 Å². The molecular weight excluding hydrogens is 260 g/mol. The highest BCUT2D eigenvalue weighted by Crippen LogP contribution is 2.38. The van der Waals surface area contributed by atoms with Crippen molar-refractivity contribution in [3.8, 4) is 17.2 Å². The highest BCUT2D eigenvalue weighted by Gasteiger charge is 2.12. The SMILES string of the molecule is COc1cc(C)cc(OC)c1OCCCCC(=O)NN. The zero-order valence-corrected chi connectivity index (χ0v) is 12.2. The Hall–Kier alpha value is -1.95. The van der Waals surface area contributed by atoms with Gasteiger partial charge >= 0.3 is 0 Å². The van der Waals surface area contributed by atoms with Crippen molar-refractivity contribution in [2.24, 2.45) is 5.84 Å². The summed E-state index contributed by atoms with van der Waals surface area (Å²) in [5, 5.41) is 0. The average molecular weight is 282 g/mol. The molecule has 0 aliphatic carbocycles. The zero-order valence-electron chi connectivity index (χ0n) is 12.2. The molecule has 1 amide bonds. The predicted molar refractivity (Wildman–Crippen MR) is 76.0 cm³/mol. The van der Waals surface area contributed by atoms with E-state index in [1.54, 1.807) is 14.2 Å². The molecule has 1 aromatic carbocycles. The van der Waals surface area contributed by atoms with Crippen LogP contribution in [0.2, 0.25) is 0 Å². The van der Waals surface area contributed by atoms with E-state index in [-0.39, 0.29) is 5.91 Å². The van der Waals surface area contributed by atoms with Gasteiger partial charge in [0.25, 0.3) is 0 Å². The van der Waals surface area contributed by atoms with Gasteiger partial charge in [0.2, 0.25) is 11.7 Å². The second-order valence-corrected chi connectivity index (χ2v) is 4.37. The number of carbonyl (C=O) groups excluding carboxylic acids is 1. The maximum Gasteiger partial charge on any atom is 0.233 e. The fourth-order valence-electron chi connectivity index (χ4n) is 1.79. The molecule has 1 rings (SSSR count). The largest absolute Gasteiger partial charge is 0.493 e. The molecule has 0 aliphatic heterocycles. The van der Waals surface area contributed by atoms with Gasteiger partial charge in [-0.15, -0.1) is 0 Å². The molecule has 6 nitrogen and oxygen atoms in total. The van der Waals surface area contributed by atoms with Gasteiger partial charge in [0.05, 0.1) is 20.8 Å². The van der Waals surface area contributed by atoms with Crippen molar-refractivity contribution in [1.29, 1.82) is 0 Å². The van der Waals surface area contributed by atoms with E-state index in [9.17, 15) is 4.79 Å². The number of aryl methyl sites for hydroxylation is 1. The number of carbonyl (C=O) groups is 1. The topological polar surface area (TPSA) is 82.8 Å². The van der Waals surface area contributed by atoms with Crippen LogP contribution in [-0.4, -0.2) is 26.7 Å². The number of unbranched alkanes of at least 4 members (excludes halogenated alkanes) is 1. The Morgan fingerprint density at radius 3 is 2.30 bits per heavy atom. The molecule has 0 saturated carbocycles. The molecule has 0 radical (unpaired) electrons. The number of benzene rings is 1. The van der Waals surface area contributed by atoms with E-state index in [2.05, 4.69) is 5.43 Å². The molecule has 1 aromatic rings. The Bertz CT molecular complexity index is 424. The Kier molecular flexibility index (Phi) is 6.66. The van der Waals surface area contributed by atoms with Crippen LogP contribution in [0.3, 0.4) is 0 Å². The van der Waals surface area contributed by atoms with Gasteiger partial charge < -0.3 is 14.2 Å². The molecule has 112 valence electrons. The first kappa shape index (κ1) is 16.1. The molecule has 0 unspecified atom stereocenters. The Morgan fingerprint density at radius 1 is 1.20 bits per heavy atom. The van der Waals surface area contributed by atoms with Crippen molar-refractivity contribution in [3.63, 3.8) is 0 Å². The number of hydrazine groups is 1. The smallest absolute Gasteiger partial charge is 0.233 e. The minimum absolute atomic E-state index is 0.171. The van der Waals surface area contributed by atoms with E-state index in [0.29, 0.717) is 36.7 Å². The van der Waals surface area contributed by atoms with Gasteiger partial charge in [0, 0.05) is 6.42 Å². The van der Waals surface area contributed by atoms with Crippen LogP contribution in [0.5, 0.6) is 17.2 Å². The molecule has 0 aliphatic rings. The number of nitrogens with one attached hydrogen (secondary N) is 1. The summed E-state index contributed by atoms with van der Waals surface area (Å²) < 4.78 is 16.3. The maximum absolute atomic E-state index is 11.0. The summed E-state index contributed by atoms with van der Waals surface area (Å²) >= 11 is 0. The number of rotatable bonds is 8. The summed E-state index contributed by atoms with van der Waals surface area (Å²) in [5.41, 5.74) is 3.13. The highest BCUT2D eigenvalue weighted by atomic mass is 16.5. The molecule has 0 saturated heterocycles. The standard InChI is InChI=1S/C14H22N2O4/c1-10-8-11(18-2)14(12(9-10)19-3)20-7-5-4-6-13(17)16-15/h8-9H,4-7,15H2,1-3H3,(H,16,17). The lowest BCUT2D eigenvalue weighted by atomic mass is 10.2. The average Bonchev–Trinajstić information content (AvgIpc) is 2.46. The van der Waals surface area contributed by atoms with Gasteiger partial charge in [-0.25, -0.2) is 5.84 Å². The molecule has 6 heteroatoms. The Morgan fingerprint density at radius 2 is 1.80 bits per heavy atom. The molecule has 0 aromatic heterocycles. The lowest BCUT2D eigenvalue weighted by Gasteiger charge is -2.15. The van der Waals surface area contributed by atoms with Crippen LogP contribution in [0, 0.1) is 6.92 Å². The third kappa shape index (κ3) is 4.62. The lowest BCUT2D eigenvalue weighted by Crippen LogP contribution is -2.29. The normalized spacial score (nSPS) is 10.0. The van der Waals surface area contributed by atoms with E-state index >= 15 is 0 Å². The van der Waals surface area contributed by atoms with E-state index in [4.69, 9.17) is 20.1 Å². The van der Waals surface area contributed by atoms with E-state index in [1.165, 1.54) is 0 Å². The molecule has 0 heterocycles. The molecule has 0 spiro atoms. The highest BCUT2D eigenvalue weighted by molar-refractivity contribution is 5.75. The summed E-state index contributed by atoms with van der Waals surface area (Å²) in [6.07, 6.45) is 1.84. The number of ether oxygens (including phenoxy) is 3. The van der Waals surface area contributed by atoms with Crippen molar-refractivity contribution in [3.05, 3.63) is 17.7 Å². The summed E-state index contributed by atoms with van der Waals surface area (Å²) in [4.78, 5) is 11.0. The first-order chi connectivity index (χ1) is 9.62. The first-order valence-corrected chi connectivity index (χ1v) is 6.47. The second kappa shape index (κ2) is 8.27. The Balaban J connectivity index is 2.56. The van der Waals surface area contributed by atoms with Crippen LogP contribution in [0.4, 0.5) is 0 Å². The van der Waals surface area contributed by atoms with Crippen molar-refractivity contribution in [2.75, 3.05) is 20.8 Å². The first-order valence-electron chi connectivity index (χ1n) is 6.47. The van der Waals surface area contributed by atoms with E-state index in [0.717, 1.165) is 12.0 Å². The number of hydrogen-bond donors (Lipinski definition) is 2. The number of nitrogens with two attached hydrogens (primary N) is 1. The van der Waals surface area contributed by atoms with Gasteiger partial charge in [-0.2, -0.15) is 0 Å². The monoisotopic (exact) mass is 282 g/mol. The summed E-state index contributed by atoms with van der Waals surface area (Å²) in [7, 11) is 3.18. The molecule has 20 heavy (non-hydrogen) atoms. The fraction of sp³-hybridized carbons (Fsp3) is 0.500. The minimum Gasteiger partial charge on any atom is -0.493 e. The van der Waals surface area contributed by atoms with Crippen LogP contribution in [0.15, 0.2) is 12.1 Å². The van der Waals surface area contributed by atoms with Crippen LogP contribution < -0.4 is 25.5 Å². The van der Waals surface area contributed by atoms with E-state index in [1.807, 2.05) is 19.1 Å². The number of amides is 1. The van der Waals surface area contributed by atoms with Crippen LogP contribution in [0.1, 0.15) is 24.8 Å². The second-order valence-electron chi connectivity index (χ2n) is 4.37. The van der Waals surface area contributed by atoms with Gasteiger partial charge in [0.15, 0.2) is 11.5 Å². The van der Waals surface area contributed by atoms with Crippen LogP contribution >= 0.6 is 0 Å². The fourth-order valence-corrected chi connectivity index (χ4v) is 1.79. The van der Waals surface area contributed by atoms with Crippen LogP contribution in [0.25, 0.3) is 0 Å². The molecule has 0 bridgehead atoms. The van der Waals surface area contributed by atoms with E-state index < -0.39 is 0 Å². The predicted octanol–water partition coefficient (Wildman–Crippen LogP) is 1.55. The number of methoxy groups -OCH3 is 2. The van der Waals surface area contributed by atoms with Gasteiger partial charge in [-0.05, 0) is 37.5 Å². The van der Waals surface area contributed by atoms with Gasteiger partial charge in [0.1, 0.15) is 0 Å². The zero-order chi connectivity index (χ0) is 15.0. The summed E-state index contributed by atoms with van der Waals surface area (Å²) in [5.74, 6) is 6.70. The lowest BCUT2D eigenvalue weighted by molar-refractivity contribution is -0.121. The molecular formula is C14H22N2O4. The number of hydrogen-bond acceptors (Lipinski definition) is 5.